The molecule has 1 N–H and O–H groups in total. The molecule has 158 valence electrons. The van der Waals surface area contributed by atoms with Crippen molar-refractivity contribution in [3.05, 3.63) is 100 Å². The highest BCUT2D eigenvalue weighted by atomic mass is 16.6. The summed E-state index contributed by atoms with van der Waals surface area (Å²) in [4.78, 5) is 27.7. The normalized spacial score (nSPS) is 14.3. The van der Waals surface area contributed by atoms with Gasteiger partial charge in [0.05, 0.1) is 16.3 Å². The van der Waals surface area contributed by atoms with E-state index >= 15 is 0 Å². The van der Waals surface area contributed by atoms with E-state index in [1.165, 1.54) is 29.8 Å². The van der Waals surface area contributed by atoms with Crippen molar-refractivity contribution in [2.45, 2.75) is 6.54 Å². The summed E-state index contributed by atoms with van der Waals surface area (Å²) in [6, 6.07) is 23.8. The van der Waals surface area contributed by atoms with Crippen molar-refractivity contribution in [3.63, 3.8) is 0 Å². The fourth-order valence-electron chi connectivity index (χ4n) is 3.77. The van der Waals surface area contributed by atoms with Gasteiger partial charge in [-0.3, -0.25) is 19.8 Å². The Bertz CT molecular complexity index is 1050. The Morgan fingerprint density at radius 3 is 2.19 bits per heavy atom. The zero-order valence-electron chi connectivity index (χ0n) is 17.1. The molecule has 7 heteroatoms. The number of non-ortho nitro benzene ring substituents is 1. The van der Waals surface area contributed by atoms with E-state index in [1.807, 2.05) is 30.3 Å². The van der Waals surface area contributed by atoms with Crippen LogP contribution in [0.15, 0.2) is 78.9 Å². The number of hydrogen-bond donors (Lipinski definition) is 1. The van der Waals surface area contributed by atoms with Crippen LogP contribution in [0.4, 0.5) is 17.1 Å². The Kier molecular flexibility index (Phi) is 6.24. The van der Waals surface area contributed by atoms with E-state index in [0.717, 1.165) is 44.1 Å². The minimum atomic E-state index is -0.478. The molecule has 0 aliphatic carbocycles. The van der Waals surface area contributed by atoms with Crippen molar-refractivity contribution in [2.75, 3.05) is 36.4 Å². The molecule has 0 spiro atoms. The molecule has 7 nitrogen and oxygen atoms in total. The number of nitro groups is 1. The molecule has 1 fully saturated rings. The minimum absolute atomic E-state index is 0.0367. The molecule has 0 atom stereocenters. The fraction of sp³-hybridized carbons (Fsp3) is 0.208. The number of hydrogen-bond acceptors (Lipinski definition) is 5. The molecular weight excluding hydrogens is 392 g/mol. The maximum atomic E-state index is 12.7. The Balaban J connectivity index is 1.40. The van der Waals surface area contributed by atoms with E-state index in [1.54, 1.807) is 0 Å². The maximum Gasteiger partial charge on any atom is 0.269 e. The van der Waals surface area contributed by atoms with Gasteiger partial charge in [-0.1, -0.05) is 42.5 Å². The summed E-state index contributed by atoms with van der Waals surface area (Å²) < 4.78 is 0. The van der Waals surface area contributed by atoms with Gasteiger partial charge in [-0.2, -0.15) is 0 Å². The standard InChI is InChI=1S/C24H24N4O3/c29-24(20-10-12-21(13-11-20)28(30)31)25-22-8-4-5-9-23(22)27-16-14-26(15-17-27)18-19-6-2-1-3-7-19/h1-13H,14-18H2,(H,25,29). The van der Waals surface area contributed by atoms with Gasteiger partial charge in [0.25, 0.3) is 11.6 Å². The van der Waals surface area contributed by atoms with Crippen molar-refractivity contribution in [1.29, 1.82) is 0 Å². The zero-order chi connectivity index (χ0) is 21.6. The van der Waals surface area contributed by atoms with Crippen LogP contribution in [0.1, 0.15) is 15.9 Å². The molecule has 3 aromatic rings. The number of amides is 1. The third kappa shape index (κ3) is 5.07. The van der Waals surface area contributed by atoms with Crippen LogP contribution in [0.5, 0.6) is 0 Å². The van der Waals surface area contributed by atoms with Crippen molar-refractivity contribution in [2.24, 2.45) is 0 Å². The molecule has 1 aliphatic heterocycles. The molecule has 1 heterocycles. The number of nitro benzene ring substituents is 1. The monoisotopic (exact) mass is 416 g/mol. The van der Waals surface area contributed by atoms with E-state index in [9.17, 15) is 14.9 Å². The second kappa shape index (κ2) is 9.40. The summed E-state index contributed by atoms with van der Waals surface area (Å²) in [7, 11) is 0. The second-order valence-electron chi connectivity index (χ2n) is 7.52. The Morgan fingerprint density at radius 1 is 0.871 bits per heavy atom. The average molecular weight is 416 g/mol. The second-order valence-corrected chi connectivity index (χ2v) is 7.52. The Morgan fingerprint density at radius 2 is 1.52 bits per heavy atom. The first-order valence-corrected chi connectivity index (χ1v) is 10.3. The van der Waals surface area contributed by atoms with E-state index in [0.29, 0.717) is 5.56 Å². The lowest BCUT2D eigenvalue weighted by atomic mass is 10.1. The van der Waals surface area contributed by atoms with Crippen LogP contribution in [0, 0.1) is 10.1 Å². The molecule has 3 aromatic carbocycles. The summed E-state index contributed by atoms with van der Waals surface area (Å²) in [5.74, 6) is -0.287. The van der Waals surface area contributed by atoms with Crippen LogP contribution >= 0.6 is 0 Å². The molecule has 0 bridgehead atoms. The molecule has 0 unspecified atom stereocenters. The number of anilines is 2. The summed E-state index contributed by atoms with van der Waals surface area (Å²) in [5, 5.41) is 13.8. The topological polar surface area (TPSA) is 78.7 Å². The number of nitrogens with one attached hydrogen (secondary N) is 1. The predicted molar refractivity (Wildman–Crippen MR) is 121 cm³/mol. The predicted octanol–water partition coefficient (Wildman–Crippen LogP) is 4.17. The third-order valence-electron chi connectivity index (χ3n) is 5.45. The summed E-state index contributed by atoms with van der Waals surface area (Å²) in [5.41, 5.74) is 3.38. The van der Waals surface area contributed by atoms with Gasteiger partial charge in [0, 0.05) is 50.4 Å². The Labute approximate surface area is 181 Å². The van der Waals surface area contributed by atoms with Crippen LogP contribution in [-0.2, 0) is 6.54 Å². The fourth-order valence-corrected chi connectivity index (χ4v) is 3.77. The number of carbonyl (C=O) groups is 1. The summed E-state index contributed by atoms with van der Waals surface area (Å²) in [6.07, 6.45) is 0. The zero-order valence-corrected chi connectivity index (χ0v) is 17.1. The molecule has 31 heavy (non-hydrogen) atoms. The van der Waals surface area contributed by atoms with Gasteiger partial charge in [0.1, 0.15) is 0 Å². The smallest absolute Gasteiger partial charge is 0.269 e. The highest BCUT2D eigenvalue weighted by molar-refractivity contribution is 6.06. The minimum Gasteiger partial charge on any atom is -0.367 e. The van der Waals surface area contributed by atoms with Crippen LogP contribution in [0.3, 0.4) is 0 Å². The Hall–Kier alpha value is -3.71. The van der Waals surface area contributed by atoms with Gasteiger partial charge in [-0.05, 0) is 29.8 Å². The lowest BCUT2D eigenvalue weighted by Gasteiger charge is -2.37. The van der Waals surface area contributed by atoms with Gasteiger partial charge in [0.2, 0.25) is 0 Å². The lowest BCUT2D eigenvalue weighted by Crippen LogP contribution is -2.46. The van der Waals surface area contributed by atoms with Crippen LogP contribution in [-0.4, -0.2) is 41.9 Å². The third-order valence-corrected chi connectivity index (χ3v) is 5.45. The highest BCUT2D eigenvalue weighted by Crippen LogP contribution is 2.27. The maximum absolute atomic E-state index is 12.7. The average Bonchev–Trinajstić information content (AvgIpc) is 2.81. The largest absolute Gasteiger partial charge is 0.367 e. The number of benzene rings is 3. The van der Waals surface area contributed by atoms with Crippen molar-refractivity contribution in [3.8, 4) is 0 Å². The van der Waals surface area contributed by atoms with Gasteiger partial charge in [-0.25, -0.2) is 0 Å². The number of rotatable bonds is 6. The quantitative estimate of drug-likeness (QED) is 0.482. The molecule has 4 rings (SSSR count). The van der Waals surface area contributed by atoms with E-state index in [2.05, 4.69) is 39.4 Å². The number of piperazine rings is 1. The van der Waals surface area contributed by atoms with Crippen LogP contribution in [0.2, 0.25) is 0 Å². The van der Waals surface area contributed by atoms with Gasteiger partial charge in [-0.15, -0.1) is 0 Å². The first-order valence-electron chi connectivity index (χ1n) is 10.3. The van der Waals surface area contributed by atoms with Gasteiger partial charge < -0.3 is 10.2 Å². The molecule has 1 aliphatic rings. The number of para-hydroxylation sites is 2. The summed E-state index contributed by atoms with van der Waals surface area (Å²) in [6.45, 7) is 4.57. The van der Waals surface area contributed by atoms with Crippen molar-refractivity contribution in [1.82, 2.24) is 4.90 Å². The summed E-state index contributed by atoms with van der Waals surface area (Å²) >= 11 is 0. The molecule has 1 saturated heterocycles. The first kappa shape index (κ1) is 20.6. The van der Waals surface area contributed by atoms with E-state index in [4.69, 9.17) is 0 Å². The SMILES string of the molecule is O=C(Nc1ccccc1N1CCN(Cc2ccccc2)CC1)c1ccc([N+](=O)[O-])cc1. The molecule has 0 radical (unpaired) electrons. The highest BCUT2D eigenvalue weighted by Gasteiger charge is 2.20. The first-order chi connectivity index (χ1) is 15.1. The number of carbonyl (C=O) groups excluding carboxylic acids is 1. The van der Waals surface area contributed by atoms with Gasteiger partial charge in [0.15, 0.2) is 0 Å². The van der Waals surface area contributed by atoms with Gasteiger partial charge >= 0.3 is 0 Å². The van der Waals surface area contributed by atoms with E-state index < -0.39 is 4.92 Å². The van der Waals surface area contributed by atoms with Crippen LogP contribution < -0.4 is 10.2 Å². The lowest BCUT2D eigenvalue weighted by molar-refractivity contribution is -0.384. The molecule has 1 amide bonds. The van der Waals surface area contributed by atoms with E-state index in [-0.39, 0.29) is 11.6 Å². The van der Waals surface area contributed by atoms with Crippen LogP contribution in [0.25, 0.3) is 0 Å². The van der Waals surface area contributed by atoms with Crippen molar-refractivity contribution < 1.29 is 9.72 Å². The molecular formula is C24H24N4O3. The molecule has 0 aromatic heterocycles. The number of nitrogens with zero attached hydrogens (tertiary/aromatic N) is 3. The molecule has 0 saturated carbocycles. The van der Waals surface area contributed by atoms with Crippen molar-refractivity contribution >= 4 is 23.0 Å².